The zero-order chi connectivity index (χ0) is 37.9. The van der Waals surface area contributed by atoms with Crippen LogP contribution in [-0.2, 0) is 0 Å². The lowest BCUT2D eigenvalue weighted by atomic mass is 10.0. The Kier molecular flexibility index (Phi) is 6.41. The van der Waals surface area contributed by atoms with Crippen molar-refractivity contribution in [3.8, 4) is 16.8 Å². The van der Waals surface area contributed by atoms with Gasteiger partial charge in [0.25, 0.3) is 0 Å². The number of furan rings is 1. The first kappa shape index (κ1) is 31.4. The molecular formula is C54H33N3O. The summed E-state index contributed by atoms with van der Waals surface area (Å²) in [5.41, 5.74) is 14.6. The number of hydrogen-bond acceptors (Lipinski definition) is 2. The molecule has 4 aromatic heterocycles. The number of aromatic nitrogens is 2. The smallest absolute Gasteiger partial charge is 0.135 e. The molecule has 58 heavy (non-hydrogen) atoms. The molecule has 4 nitrogen and oxygen atoms in total. The summed E-state index contributed by atoms with van der Waals surface area (Å²) >= 11 is 0. The second-order valence-electron chi connectivity index (χ2n) is 15.3. The number of hydrogen-bond donors (Lipinski definition) is 0. The van der Waals surface area contributed by atoms with Gasteiger partial charge in [-0.2, -0.15) is 0 Å². The fourth-order valence-corrected chi connectivity index (χ4v) is 9.74. The fraction of sp³-hybridized carbons (Fsp3) is 0. The van der Waals surface area contributed by atoms with E-state index >= 15 is 0 Å². The van der Waals surface area contributed by atoms with Crippen molar-refractivity contribution in [3.63, 3.8) is 0 Å². The minimum Gasteiger partial charge on any atom is -0.456 e. The Hall–Kier alpha value is -7.82. The van der Waals surface area contributed by atoms with E-state index in [1.165, 1.54) is 59.9 Å². The van der Waals surface area contributed by atoms with Gasteiger partial charge in [-0.05, 0) is 83.9 Å². The largest absolute Gasteiger partial charge is 0.456 e. The highest BCUT2D eigenvalue weighted by molar-refractivity contribution is 6.25. The van der Waals surface area contributed by atoms with Crippen molar-refractivity contribution >= 4 is 98.9 Å². The Bertz CT molecular complexity index is 3700. The van der Waals surface area contributed by atoms with Crippen LogP contribution in [0.25, 0.3) is 98.7 Å². The van der Waals surface area contributed by atoms with Crippen LogP contribution in [0.15, 0.2) is 205 Å². The number of nitrogens with zero attached hydrogens (tertiary/aromatic N) is 3. The average molecular weight is 740 g/mol. The maximum absolute atomic E-state index is 6.17. The number of anilines is 3. The third-order valence-electron chi connectivity index (χ3n) is 12.2. The van der Waals surface area contributed by atoms with Crippen LogP contribution < -0.4 is 4.90 Å². The predicted octanol–water partition coefficient (Wildman–Crippen LogP) is 15.0. The molecule has 13 aromatic rings. The summed E-state index contributed by atoms with van der Waals surface area (Å²) in [5, 5.41) is 9.82. The quantitative estimate of drug-likeness (QED) is 0.176. The average Bonchev–Trinajstić information content (AvgIpc) is 4.03. The molecule has 4 heteroatoms. The SMILES string of the molecule is c1cc(N(c2ccc(-c3ccc4oc5ccccc5c4c3)cc2)c2cccc3c4cccc5c6ccccc6n(c23)c54)cc(-n2c3ccccc3c3ccccc32)c1. The second kappa shape index (κ2) is 11.8. The molecule has 0 aliphatic heterocycles. The van der Waals surface area contributed by atoms with Crippen LogP contribution in [0, 0.1) is 0 Å². The summed E-state index contributed by atoms with van der Waals surface area (Å²) in [4.78, 5) is 2.44. The van der Waals surface area contributed by atoms with Crippen LogP contribution in [0.5, 0.6) is 0 Å². The molecule has 13 rings (SSSR count). The molecule has 0 saturated carbocycles. The van der Waals surface area contributed by atoms with E-state index in [1.807, 2.05) is 12.1 Å². The molecule has 0 aliphatic carbocycles. The summed E-state index contributed by atoms with van der Waals surface area (Å²) < 4.78 is 11.1. The van der Waals surface area contributed by atoms with Gasteiger partial charge in [0.05, 0.1) is 33.3 Å². The fourth-order valence-electron chi connectivity index (χ4n) is 9.74. The maximum Gasteiger partial charge on any atom is 0.135 e. The van der Waals surface area contributed by atoms with E-state index in [4.69, 9.17) is 4.42 Å². The molecule has 0 amide bonds. The Morgan fingerprint density at radius 2 is 0.897 bits per heavy atom. The summed E-state index contributed by atoms with van der Waals surface area (Å²) in [6.45, 7) is 0. The zero-order valence-corrected chi connectivity index (χ0v) is 31.3. The molecule has 0 spiro atoms. The van der Waals surface area contributed by atoms with Gasteiger partial charge in [-0.3, -0.25) is 0 Å². The van der Waals surface area contributed by atoms with Crippen LogP contribution in [0.1, 0.15) is 0 Å². The van der Waals surface area contributed by atoms with Crippen LogP contribution in [0.3, 0.4) is 0 Å². The molecule has 0 saturated heterocycles. The highest BCUT2D eigenvalue weighted by Gasteiger charge is 2.24. The Morgan fingerprint density at radius 1 is 0.345 bits per heavy atom. The molecule has 0 N–H and O–H groups in total. The lowest BCUT2D eigenvalue weighted by Gasteiger charge is -2.27. The van der Waals surface area contributed by atoms with Crippen molar-refractivity contribution in [3.05, 3.63) is 200 Å². The van der Waals surface area contributed by atoms with Gasteiger partial charge < -0.3 is 18.3 Å². The summed E-state index contributed by atoms with van der Waals surface area (Å²) in [6, 6.07) is 72.6. The third kappa shape index (κ3) is 4.34. The second-order valence-corrected chi connectivity index (χ2v) is 15.3. The summed E-state index contributed by atoms with van der Waals surface area (Å²) in [7, 11) is 0. The van der Waals surface area contributed by atoms with Gasteiger partial charge in [-0.15, -0.1) is 0 Å². The van der Waals surface area contributed by atoms with E-state index in [2.05, 4.69) is 202 Å². The van der Waals surface area contributed by atoms with E-state index in [0.29, 0.717) is 0 Å². The number of benzene rings is 9. The Labute approximate surface area is 333 Å². The number of para-hydroxylation sites is 6. The van der Waals surface area contributed by atoms with Gasteiger partial charge in [0, 0.05) is 60.2 Å². The van der Waals surface area contributed by atoms with Crippen molar-refractivity contribution in [2.45, 2.75) is 0 Å². The third-order valence-corrected chi connectivity index (χ3v) is 12.2. The number of fused-ring (bicyclic) bond motifs is 12. The molecule has 0 fully saturated rings. The topological polar surface area (TPSA) is 25.7 Å². The lowest BCUT2D eigenvalue weighted by Crippen LogP contribution is -2.11. The molecule has 4 heterocycles. The van der Waals surface area contributed by atoms with E-state index in [9.17, 15) is 0 Å². The van der Waals surface area contributed by atoms with Gasteiger partial charge >= 0.3 is 0 Å². The van der Waals surface area contributed by atoms with E-state index < -0.39 is 0 Å². The molecule has 0 radical (unpaired) electrons. The first-order valence-corrected chi connectivity index (χ1v) is 19.8. The summed E-state index contributed by atoms with van der Waals surface area (Å²) in [5.74, 6) is 0. The van der Waals surface area contributed by atoms with E-state index in [-0.39, 0.29) is 0 Å². The van der Waals surface area contributed by atoms with Gasteiger partial charge in [0.15, 0.2) is 0 Å². The van der Waals surface area contributed by atoms with Gasteiger partial charge in [-0.1, -0.05) is 127 Å². The predicted molar refractivity (Wildman–Crippen MR) is 243 cm³/mol. The minimum absolute atomic E-state index is 0.904. The summed E-state index contributed by atoms with van der Waals surface area (Å²) in [6.07, 6.45) is 0. The monoisotopic (exact) mass is 739 g/mol. The van der Waals surface area contributed by atoms with Gasteiger partial charge in [-0.25, -0.2) is 0 Å². The van der Waals surface area contributed by atoms with Gasteiger partial charge in [0.2, 0.25) is 0 Å². The first-order valence-electron chi connectivity index (χ1n) is 19.8. The minimum atomic E-state index is 0.904. The van der Waals surface area contributed by atoms with Crippen LogP contribution in [-0.4, -0.2) is 8.97 Å². The lowest BCUT2D eigenvalue weighted by molar-refractivity contribution is 0.669. The van der Waals surface area contributed by atoms with Crippen molar-refractivity contribution in [2.24, 2.45) is 0 Å². The molecule has 0 bridgehead atoms. The van der Waals surface area contributed by atoms with E-state index in [1.54, 1.807) is 0 Å². The van der Waals surface area contributed by atoms with Gasteiger partial charge in [0.1, 0.15) is 11.2 Å². The number of rotatable bonds is 5. The molecule has 0 atom stereocenters. The molecule has 0 aliphatic rings. The van der Waals surface area contributed by atoms with Crippen LogP contribution in [0.2, 0.25) is 0 Å². The van der Waals surface area contributed by atoms with Crippen LogP contribution >= 0.6 is 0 Å². The molecule has 270 valence electrons. The van der Waals surface area contributed by atoms with E-state index in [0.717, 1.165) is 55.8 Å². The Morgan fingerprint density at radius 3 is 1.66 bits per heavy atom. The Balaban J connectivity index is 1.05. The van der Waals surface area contributed by atoms with Crippen LogP contribution in [0.4, 0.5) is 17.1 Å². The van der Waals surface area contributed by atoms with Crippen molar-refractivity contribution in [1.82, 2.24) is 8.97 Å². The van der Waals surface area contributed by atoms with Crippen molar-refractivity contribution in [1.29, 1.82) is 0 Å². The first-order chi connectivity index (χ1) is 28.8. The highest BCUT2D eigenvalue weighted by atomic mass is 16.3. The normalized spacial score (nSPS) is 12.1. The molecule has 0 unspecified atom stereocenters. The highest BCUT2D eigenvalue weighted by Crippen LogP contribution is 2.46. The van der Waals surface area contributed by atoms with Crippen molar-refractivity contribution in [2.75, 3.05) is 4.90 Å². The standard InChI is InChI=1S/C54H33N3O/c1-5-21-47-39(14-1)40-15-2-6-22-48(40)56(47)38-13-9-12-37(33-38)55(36-29-26-34(27-30-36)35-28-31-52-46(32-35)42-17-4-8-25-51(42)58-52)50-24-11-20-45-44-19-10-18-43-41-16-3-7-23-49(41)57(53(43)44)54(45)50/h1-33H. The molecular weight excluding hydrogens is 707 g/mol. The maximum atomic E-state index is 6.17. The van der Waals surface area contributed by atoms with Crippen molar-refractivity contribution < 1.29 is 4.42 Å². The molecule has 9 aromatic carbocycles. The zero-order valence-electron chi connectivity index (χ0n) is 31.3.